The number of benzene rings is 2. The smallest absolute Gasteiger partial charge is 0.325 e. The summed E-state index contributed by atoms with van der Waals surface area (Å²) >= 11 is 0. The number of likely N-dealkylation sites (tertiary alicyclic amines) is 1. The van der Waals surface area contributed by atoms with E-state index in [1.807, 2.05) is 42.5 Å². The SMILES string of the molecule is C=C(N)/C=C(\C=C/N)C[C@H]1C(=O)N(C(=O)NCc2cccc3ccccc23)C12CC2=O. The molecule has 1 saturated heterocycles. The zero-order chi connectivity index (χ0) is 22.2. The molecule has 2 atom stereocenters. The van der Waals surface area contributed by atoms with Crippen LogP contribution in [0, 0.1) is 5.92 Å². The van der Waals surface area contributed by atoms with Crippen LogP contribution >= 0.6 is 0 Å². The van der Waals surface area contributed by atoms with Crippen molar-refractivity contribution >= 4 is 28.5 Å². The van der Waals surface area contributed by atoms with Gasteiger partial charge >= 0.3 is 6.03 Å². The second kappa shape index (κ2) is 7.75. The maximum Gasteiger partial charge on any atom is 0.325 e. The normalized spacial score (nSPS) is 22.8. The first-order valence-corrected chi connectivity index (χ1v) is 10.0. The van der Waals surface area contributed by atoms with Crippen LogP contribution in [0.15, 0.2) is 78.7 Å². The number of Topliss-reactive ketones (excluding diaryl/α,β-unsaturated/α-hetero) is 1. The van der Waals surface area contributed by atoms with Crippen molar-refractivity contribution < 1.29 is 14.4 Å². The number of nitrogens with zero attached hydrogens (tertiary/aromatic N) is 1. The van der Waals surface area contributed by atoms with Crippen LogP contribution in [0.1, 0.15) is 18.4 Å². The fourth-order valence-electron chi connectivity index (χ4n) is 4.37. The molecule has 1 unspecified atom stereocenters. The Bertz CT molecular complexity index is 1160. The number of fused-ring (bicyclic) bond motifs is 1. The first-order valence-electron chi connectivity index (χ1n) is 10.0. The number of urea groups is 1. The highest BCUT2D eigenvalue weighted by molar-refractivity contribution is 6.21. The standard InChI is InChI=1S/C24H24N4O3/c1-15(26)11-16(9-10-25)12-20-22(30)28(24(20)13-21(24)29)23(31)27-14-18-7-4-6-17-5-2-3-8-19(17)18/h2-11,20H,1,12-14,25-26H2,(H,27,31)/b10-9-,16-11+/t20-,24?/m0/s1. The van der Waals surface area contributed by atoms with E-state index in [1.54, 1.807) is 12.2 Å². The van der Waals surface area contributed by atoms with E-state index in [0.717, 1.165) is 21.2 Å². The summed E-state index contributed by atoms with van der Waals surface area (Å²) in [6.45, 7) is 3.89. The molecule has 2 aliphatic rings. The highest BCUT2D eigenvalue weighted by Crippen LogP contribution is 2.55. The van der Waals surface area contributed by atoms with Gasteiger partial charge in [0.25, 0.3) is 0 Å². The maximum atomic E-state index is 12.8. The number of carbonyl (C=O) groups excluding carboxylic acids is 3. The van der Waals surface area contributed by atoms with Gasteiger partial charge in [0.1, 0.15) is 5.54 Å². The van der Waals surface area contributed by atoms with Gasteiger partial charge in [-0.3, -0.25) is 9.59 Å². The van der Waals surface area contributed by atoms with Crippen LogP contribution in [0.5, 0.6) is 0 Å². The lowest BCUT2D eigenvalue weighted by Crippen LogP contribution is -2.68. The predicted molar refractivity (Wildman–Crippen MR) is 118 cm³/mol. The first kappa shape index (κ1) is 20.4. The van der Waals surface area contributed by atoms with Crippen molar-refractivity contribution in [3.05, 3.63) is 84.2 Å². The minimum Gasteiger partial charge on any atom is -0.405 e. The van der Waals surface area contributed by atoms with E-state index < -0.39 is 17.5 Å². The third-order valence-electron chi connectivity index (χ3n) is 5.92. The number of allylic oxidation sites excluding steroid dienone is 3. The Morgan fingerprint density at radius 1 is 1.23 bits per heavy atom. The van der Waals surface area contributed by atoms with Gasteiger partial charge in [-0.25, -0.2) is 9.69 Å². The van der Waals surface area contributed by atoms with Crippen LogP contribution in [0.25, 0.3) is 10.8 Å². The lowest BCUT2D eigenvalue weighted by Gasteiger charge is -2.45. The van der Waals surface area contributed by atoms with E-state index in [2.05, 4.69) is 11.9 Å². The molecule has 2 fully saturated rings. The van der Waals surface area contributed by atoms with E-state index >= 15 is 0 Å². The topological polar surface area (TPSA) is 119 Å². The third kappa shape index (κ3) is 3.48. The van der Waals surface area contributed by atoms with E-state index in [0.29, 0.717) is 11.3 Å². The molecule has 1 saturated carbocycles. The summed E-state index contributed by atoms with van der Waals surface area (Å²) in [5.74, 6) is -1.09. The van der Waals surface area contributed by atoms with Crippen molar-refractivity contribution in [2.75, 3.05) is 0 Å². The van der Waals surface area contributed by atoms with E-state index in [-0.39, 0.29) is 31.1 Å². The molecule has 7 nitrogen and oxygen atoms in total. The van der Waals surface area contributed by atoms with Crippen LogP contribution in [0.2, 0.25) is 0 Å². The number of hydrogen-bond donors (Lipinski definition) is 3. The monoisotopic (exact) mass is 416 g/mol. The Morgan fingerprint density at radius 3 is 2.61 bits per heavy atom. The molecule has 7 heteroatoms. The second-order valence-corrected chi connectivity index (χ2v) is 7.90. The molecule has 5 N–H and O–H groups in total. The Morgan fingerprint density at radius 2 is 1.94 bits per heavy atom. The van der Waals surface area contributed by atoms with Crippen LogP contribution in [-0.2, 0) is 16.1 Å². The Labute approximate surface area is 180 Å². The van der Waals surface area contributed by atoms with Crippen molar-refractivity contribution in [1.29, 1.82) is 0 Å². The summed E-state index contributed by atoms with van der Waals surface area (Å²) in [7, 11) is 0. The quantitative estimate of drug-likeness (QED) is 0.494. The van der Waals surface area contributed by atoms with Gasteiger partial charge in [-0.2, -0.15) is 0 Å². The summed E-state index contributed by atoms with van der Waals surface area (Å²) in [5.41, 5.74) is 12.0. The number of β-lactam (4-membered cyclic amide) rings is 1. The summed E-state index contributed by atoms with van der Waals surface area (Å²) in [6.07, 6.45) is 5.01. The average Bonchev–Trinajstić information content (AvgIpc) is 3.43. The Kier molecular flexibility index (Phi) is 5.10. The minimum atomic E-state index is -1.06. The lowest BCUT2D eigenvalue weighted by atomic mass is 9.79. The van der Waals surface area contributed by atoms with Crippen molar-refractivity contribution in [3.63, 3.8) is 0 Å². The van der Waals surface area contributed by atoms with Gasteiger partial charge in [0.2, 0.25) is 5.91 Å². The fourth-order valence-corrected chi connectivity index (χ4v) is 4.37. The van der Waals surface area contributed by atoms with E-state index in [4.69, 9.17) is 11.5 Å². The number of nitrogens with one attached hydrogen (secondary N) is 1. The van der Waals surface area contributed by atoms with Gasteiger partial charge in [0, 0.05) is 18.7 Å². The number of rotatable bonds is 6. The Hall–Kier alpha value is -3.87. The summed E-state index contributed by atoms with van der Waals surface area (Å²) < 4.78 is 0. The van der Waals surface area contributed by atoms with Crippen molar-refractivity contribution in [2.45, 2.75) is 24.9 Å². The second-order valence-electron chi connectivity index (χ2n) is 7.90. The van der Waals surface area contributed by atoms with Gasteiger partial charge in [-0.05, 0) is 46.7 Å². The molecule has 3 amide bonds. The van der Waals surface area contributed by atoms with Crippen LogP contribution in [0.3, 0.4) is 0 Å². The number of nitrogens with two attached hydrogens (primary N) is 2. The van der Waals surface area contributed by atoms with E-state index in [1.165, 1.54) is 6.20 Å². The maximum absolute atomic E-state index is 12.8. The zero-order valence-electron chi connectivity index (χ0n) is 17.0. The molecule has 0 radical (unpaired) electrons. The first-order chi connectivity index (χ1) is 14.9. The highest BCUT2D eigenvalue weighted by atomic mass is 16.2. The van der Waals surface area contributed by atoms with Gasteiger partial charge in [-0.1, -0.05) is 49.0 Å². The van der Waals surface area contributed by atoms with Gasteiger partial charge < -0.3 is 16.8 Å². The third-order valence-corrected chi connectivity index (χ3v) is 5.92. The fraction of sp³-hybridized carbons (Fsp3) is 0.208. The highest BCUT2D eigenvalue weighted by Gasteiger charge is 2.76. The van der Waals surface area contributed by atoms with E-state index in [9.17, 15) is 14.4 Å². The van der Waals surface area contributed by atoms with Crippen LogP contribution in [-0.4, -0.2) is 28.2 Å². The van der Waals surface area contributed by atoms with Crippen molar-refractivity contribution in [1.82, 2.24) is 10.2 Å². The number of imide groups is 1. The number of ketones is 1. The zero-order valence-corrected chi connectivity index (χ0v) is 17.0. The van der Waals surface area contributed by atoms with Gasteiger partial charge in [-0.15, -0.1) is 0 Å². The molecule has 31 heavy (non-hydrogen) atoms. The molecule has 2 aromatic rings. The molecular formula is C24H24N4O3. The molecule has 2 aromatic carbocycles. The lowest BCUT2D eigenvalue weighted by molar-refractivity contribution is -0.155. The number of amides is 3. The summed E-state index contributed by atoms with van der Waals surface area (Å²) in [6, 6.07) is 13.2. The largest absolute Gasteiger partial charge is 0.405 e. The Balaban J connectivity index is 1.49. The van der Waals surface area contributed by atoms with Crippen molar-refractivity contribution in [3.8, 4) is 0 Å². The molecule has 1 aliphatic carbocycles. The van der Waals surface area contributed by atoms with Crippen LogP contribution in [0.4, 0.5) is 4.79 Å². The molecule has 1 heterocycles. The number of hydrogen-bond acceptors (Lipinski definition) is 5. The predicted octanol–water partition coefficient (Wildman–Crippen LogP) is 2.48. The molecule has 1 aliphatic heterocycles. The summed E-state index contributed by atoms with van der Waals surface area (Å²) in [4.78, 5) is 39.0. The van der Waals surface area contributed by atoms with Gasteiger partial charge in [0.05, 0.1) is 5.92 Å². The molecular weight excluding hydrogens is 392 g/mol. The average molecular weight is 416 g/mol. The molecule has 0 bridgehead atoms. The molecule has 1 spiro atoms. The minimum absolute atomic E-state index is 0.111. The summed E-state index contributed by atoms with van der Waals surface area (Å²) in [5, 5.41) is 4.90. The van der Waals surface area contributed by atoms with Crippen LogP contribution < -0.4 is 16.8 Å². The molecule has 4 rings (SSSR count). The van der Waals surface area contributed by atoms with Gasteiger partial charge in [0.15, 0.2) is 5.78 Å². The molecule has 158 valence electrons. The molecule has 0 aromatic heterocycles. The number of carbonyl (C=O) groups is 3. The van der Waals surface area contributed by atoms with Crippen molar-refractivity contribution in [2.24, 2.45) is 17.4 Å².